The third-order valence-electron chi connectivity index (χ3n) is 6.46. The molecule has 1 aliphatic rings. The Morgan fingerprint density at radius 3 is 2.43 bits per heavy atom. The third kappa shape index (κ3) is 5.97. The van der Waals surface area contributed by atoms with Crippen LogP contribution in [0.1, 0.15) is 31.2 Å². The molecule has 4 rings (SSSR count). The Labute approximate surface area is 214 Å². The molecular formula is C27H30N6O4. The molecule has 1 fully saturated rings. The zero-order valence-corrected chi connectivity index (χ0v) is 20.7. The standard InChI is InChI=1S/C27H30N6O4/c1-32-26(35)24(19-8-10-22(11-9-19)37-16-2-3-23(34)31-36)25(20-6-4-18(17-28)5-7-20)30-27(32)33-14-12-21(29)13-15-33/h4-11,21,36H,2-3,12-16,29H2,1H3,(H,31,34). The van der Waals surface area contributed by atoms with Crippen molar-refractivity contribution in [3.05, 3.63) is 64.4 Å². The molecule has 2 aromatic carbocycles. The van der Waals surface area contributed by atoms with Gasteiger partial charge >= 0.3 is 0 Å². The fraction of sp³-hybridized carbons (Fsp3) is 0.333. The van der Waals surface area contributed by atoms with Gasteiger partial charge in [-0.05, 0) is 49.1 Å². The molecule has 0 unspecified atom stereocenters. The Balaban J connectivity index is 1.69. The third-order valence-corrected chi connectivity index (χ3v) is 6.46. The van der Waals surface area contributed by atoms with Crippen LogP contribution in [0.4, 0.5) is 5.95 Å². The van der Waals surface area contributed by atoms with Crippen LogP contribution in [0.5, 0.6) is 5.75 Å². The van der Waals surface area contributed by atoms with Crippen molar-refractivity contribution in [1.29, 1.82) is 5.26 Å². The molecule has 0 radical (unpaired) electrons. The molecular weight excluding hydrogens is 472 g/mol. The smallest absolute Gasteiger partial charge is 0.263 e. The van der Waals surface area contributed by atoms with E-state index in [4.69, 9.17) is 20.7 Å². The first-order valence-electron chi connectivity index (χ1n) is 12.2. The minimum atomic E-state index is -0.464. The highest BCUT2D eigenvalue weighted by Crippen LogP contribution is 2.31. The molecule has 3 aromatic rings. The first kappa shape index (κ1) is 25.9. The van der Waals surface area contributed by atoms with E-state index >= 15 is 0 Å². The van der Waals surface area contributed by atoms with E-state index in [-0.39, 0.29) is 18.0 Å². The number of ether oxygens (including phenoxy) is 1. The molecule has 0 saturated carbocycles. The average Bonchev–Trinajstić information content (AvgIpc) is 2.93. The number of hydrogen-bond donors (Lipinski definition) is 3. The molecule has 10 nitrogen and oxygen atoms in total. The van der Waals surface area contributed by atoms with E-state index in [1.807, 2.05) is 0 Å². The summed E-state index contributed by atoms with van der Waals surface area (Å²) in [6.07, 6.45) is 2.26. The molecule has 1 saturated heterocycles. The number of hydroxylamine groups is 1. The fourth-order valence-corrected chi connectivity index (χ4v) is 4.34. The molecule has 10 heteroatoms. The summed E-state index contributed by atoms with van der Waals surface area (Å²) in [5.74, 6) is 0.722. The average molecular weight is 503 g/mol. The van der Waals surface area contributed by atoms with Crippen LogP contribution in [-0.4, -0.2) is 46.4 Å². The molecule has 4 N–H and O–H groups in total. The van der Waals surface area contributed by atoms with Crippen LogP contribution in [0.3, 0.4) is 0 Å². The summed E-state index contributed by atoms with van der Waals surface area (Å²) in [6, 6.07) is 16.5. The van der Waals surface area contributed by atoms with Gasteiger partial charge in [0.2, 0.25) is 11.9 Å². The first-order chi connectivity index (χ1) is 17.9. The summed E-state index contributed by atoms with van der Waals surface area (Å²) >= 11 is 0. The van der Waals surface area contributed by atoms with Gasteiger partial charge in [0.25, 0.3) is 5.56 Å². The number of amides is 1. The van der Waals surface area contributed by atoms with Crippen molar-refractivity contribution in [1.82, 2.24) is 15.0 Å². The number of aromatic nitrogens is 2. The zero-order valence-electron chi connectivity index (χ0n) is 20.7. The lowest BCUT2D eigenvalue weighted by atomic mass is 9.99. The Hall–Kier alpha value is -4.20. The van der Waals surface area contributed by atoms with Gasteiger partial charge in [-0.1, -0.05) is 24.3 Å². The van der Waals surface area contributed by atoms with Gasteiger partial charge in [-0.15, -0.1) is 0 Å². The van der Waals surface area contributed by atoms with Gasteiger partial charge in [-0.2, -0.15) is 5.26 Å². The second kappa shape index (κ2) is 11.7. The summed E-state index contributed by atoms with van der Waals surface area (Å²) in [5.41, 5.74) is 10.4. The highest BCUT2D eigenvalue weighted by molar-refractivity contribution is 5.81. The SMILES string of the molecule is Cn1c(N2CCC(N)CC2)nc(-c2ccc(C#N)cc2)c(-c2ccc(OCCCC(=O)NO)cc2)c1=O. The Kier molecular flexibility index (Phi) is 8.18. The van der Waals surface area contributed by atoms with E-state index in [1.54, 1.807) is 65.6 Å². The number of nitrogens with two attached hydrogens (primary N) is 1. The number of piperidine rings is 1. The zero-order chi connectivity index (χ0) is 26.4. The molecule has 0 aliphatic carbocycles. The quantitative estimate of drug-likeness (QED) is 0.242. The molecule has 1 aromatic heterocycles. The topological polar surface area (TPSA) is 146 Å². The Morgan fingerprint density at radius 2 is 1.81 bits per heavy atom. The maximum atomic E-state index is 13.7. The summed E-state index contributed by atoms with van der Waals surface area (Å²) < 4.78 is 7.26. The van der Waals surface area contributed by atoms with Gasteiger partial charge in [0.15, 0.2) is 0 Å². The fourth-order valence-electron chi connectivity index (χ4n) is 4.34. The van der Waals surface area contributed by atoms with Crippen LogP contribution in [0.2, 0.25) is 0 Å². The van der Waals surface area contributed by atoms with Crippen molar-refractivity contribution >= 4 is 11.9 Å². The molecule has 1 amide bonds. The van der Waals surface area contributed by atoms with Gasteiger partial charge in [0.1, 0.15) is 5.75 Å². The minimum Gasteiger partial charge on any atom is -0.494 e. The van der Waals surface area contributed by atoms with Gasteiger partial charge in [0, 0.05) is 38.2 Å². The second-order valence-corrected chi connectivity index (χ2v) is 9.02. The first-order valence-corrected chi connectivity index (χ1v) is 12.2. The van der Waals surface area contributed by atoms with Crippen LogP contribution in [-0.2, 0) is 11.8 Å². The monoisotopic (exact) mass is 502 g/mol. The molecule has 0 atom stereocenters. The van der Waals surface area contributed by atoms with Gasteiger partial charge in [-0.3, -0.25) is 19.4 Å². The molecule has 0 spiro atoms. The molecule has 1 aliphatic heterocycles. The van der Waals surface area contributed by atoms with Gasteiger partial charge in [-0.25, -0.2) is 10.5 Å². The Morgan fingerprint density at radius 1 is 1.16 bits per heavy atom. The van der Waals surface area contributed by atoms with Crippen LogP contribution >= 0.6 is 0 Å². The number of rotatable bonds is 8. The number of nitrogens with one attached hydrogen (secondary N) is 1. The molecule has 0 bridgehead atoms. The summed E-state index contributed by atoms with van der Waals surface area (Å²) in [4.78, 5) is 31.9. The number of nitriles is 1. The van der Waals surface area contributed by atoms with Crippen molar-refractivity contribution in [3.63, 3.8) is 0 Å². The second-order valence-electron chi connectivity index (χ2n) is 9.02. The van der Waals surface area contributed by atoms with Gasteiger partial charge in [0.05, 0.1) is 29.5 Å². The lowest BCUT2D eigenvalue weighted by Gasteiger charge is -2.32. The van der Waals surface area contributed by atoms with Crippen LogP contribution < -0.4 is 26.4 Å². The van der Waals surface area contributed by atoms with E-state index in [9.17, 15) is 14.9 Å². The number of carbonyl (C=O) groups is 1. The summed E-state index contributed by atoms with van der Waals surface area (Å²) in [5, 5.41) is 17.8. The predicted molar refractivity (Wildman–Crippen MR) is 139 cm³/mol. The van der Waals surface area contributed by atoms with Crippen molar-refractivity contribution in [2.24, 2.45) is 12.8 Å². The van der Waals surface area contributed by atoms with Crippen LogP contribution in [0.15, 0.2) is 53.3 Å². The van der Waals surface area contributed by atoms with E-state index in [0.717, 1.165) is 31.5 Å². The number of benzene rings is 2. The van der Waals surface area contributed by atoms with Crippen molar-refractivity contribution in [3.8, 4) is 34.2 Å². The molecule has 2 heterocycles. The van der Waals surface area contributed by atoms with Crippen LogP contribution in [0, 0.1) is 11.3 Å². The van der Waals surface area contributed by atoms with Crippen molar-refractivity contribution in [2.75, 3.05) is 24.6 Å². The minimum absolute atomic E-state index is 0.151. The lowest BCUT2D eigenvalue weighted by Crippen LogP contribution is -2.42. The molecule has 192 valence electrons. The highest BCUT2D eigenvalue weighted by Gasteiger charge is 2.24. The largest absolute Gasteiger partial charge is 0.494 e. The number of anilines is 1. The van der Waals surface area contributed by atoms with Crippen molar-refractivity contribution in [2.45, 2.75) is 31.7 Å². The van der Waals surface area contributed by atoms with E-state index in [1.165, 1.54) is 0 Å². The maximum Gasteiger partial charge on any atom is 0.263 e. The number of carbonyl (C=O) groups excluding carboxylic acids is 1. The predicted octanol–water partition coefficient (Wildman–Crippen LogP) is 2.58. The van der Waals surface area contributed by atoms with E-state index in [0.29, 0.717) is 47.1 Å². The van der Waals surface area contributed by atoms with Crippen molar-refractivity contribution < 1.29 is 14.7 Å². The number of nitrogens with zero attached hydrogens (tertiary/aromatic N) is 4. The highest BCUT2D eigenvalue weighted by atomic mass is 16.5. The van der Waals surface area contributed by atoms with E-state index < -0.39 is 5.91 Å². The van der Waals surface area contributed by atoms with Crippen LogP contribution in [0.25, 0.3) is 22.4 Å². The summed E-state index contributed by atoms with van der Waals surface area (Å²) in [6.45, 7) is 1.75. The normalized spacial score (nSPS) is 13.7. The molecule has 37 heavy (non-hydrogen) atoms. The lowest BCUT2D eigenvalue weighted by molar-refractivity contribution is -0.129. The van der Waals surface area contributed by atoms with E-state index in [2.05, 4.69) is 11.0 Å². The Bertz CT molecular complexity index is 1340. The number of hydrogen-bond acceptors (Lipinski definition) is 8. The van der Waals surface area contributed by atoms with Gasteiger partial charge < -0.3 is 15.4 Å². The summed E-state index contributed by atoms with van der Waals surface area (Å²) in [7, 11) is 1.73. The maximum absolute atomic E-state index is 13.7.